The largest absolute Gasteiger partial charge is 0.546 e. The van der Waals surface area contributed by atoms with Gasteiger partial charge in [-0.3, -0.25) is 4.99 Å². The average molecular weight is 302 g/mol. The van der Waals surface area contributed by atoms with Gasteiger partial charge in [-0.25, -0.2) is 0 Å². The molecule has 0 fully saturated rings. The van der Waals surface area contributed by atoms with E-state index in [1.54, 1.807) is 0 Å². The van der Waals surface area contributed by atoms with Crippen LogP contribution < -0.4 is 0 Å². The highest BCUT2D eigenvalue weighted by atomic mass is 28.4. The second-order valence-electron chi connectivity index (χ2n) is 7.28. The Morgan fingerprint density at radius 2 is 1.81 bits per heavy atom. The molecule has 0 spiro atoms. The van der Waals surface area contributed by atoms with Gasteiger partial charge in [0.05, 0.1) is 12.3 Å². The van der Waals surface area contributed by atoms with Crippen LogP contribution in [0.15, 0.2) is 47.2 Å². The van der Waals surface area contributed by atoms with Crippen molar-refractivity contribution in [2.75, 3.05) is 6.54 Å². The standard InChI is InChI=1S/C18H27NOSi/c1-18(2,3)21(4,5)20-17-11-12-19-16(14-17)13-15-9-7-6-8-10-15/h6-11H,12-14H2,1-5H3. The zero-order chi connectivity index (χ0) is 15.5. The Balaban J connectivity index is 1.98. The van der Waals surface area contributed by atoms with Crippen molar-refractivity contribution in [3.05, 3.63) is 47.7 Å². The van der Waals surface area contributed by atoms with Gasteiger partial charge in [0, 0.05) is 18.6 Å². The predicted octanol–water partition coefficient (Wildman–Crippen LogP) is 4.98. The molecule has 1 aromatic carbocycles. The molecule has 0 saturated heterocycles. The van der Waals surface area contributed by atoms with Crippen LogP contribution >= 0.6 is 0 Å². The van der Waals surface area contributed by atoms with Crippen LogP contribution in [0.25, 0.3) is 0 Å². The van der Waals surface area contributed by atoms with Crippen LogP contribution in [0.3, 0.4) is 0 Å². The molecule has 0 unspecified atom stereocenters. The molecule has 1 heterocycles. The summed E-state index contributed by atoms with van der Waals surface area (Å²) in [5.74, 6) is 1.13. The second-order valence-corrected chi connectivity index (χ2v) is 12.0. The lowest BCUT2D eigenvalue weighted by atomic mass is 10.0. The van der Waals surface area contributed by atoms with Crippen LogP contribution in [0.2, 0.25) is 18.1 Å². The summed E-state index contributed by atoms with van der Waals surface area (Å²) in [5.41, 5.74) is 2.56. The van der Waals surface area contributed by atoms with Crippen molar-refractivity contribution >= 4 is 14.0 Å². The van der Waals surface area contributed by atoms with Crippen LogP contribution in [-0.4, -0.2) is 20.6 Å². The van der Waals surface area contributed by atoms with E-state index in [-0.39, 0.29) is 5.04 Å². The molecule has 0 radical (unpaired) electrons. The Morgan fingerprint density at radius 1 is 1.14 bits per heavy atom. The third-order valence-corrected chi connectivity index (χ3v) is 8.84. The van der Waals surface area contributed by atoms with E-state index in [4.69, 9.17) is 4.43 Å². The van der Waals surface area contributed by atoms with Gasteiger partial charge in [-0.05, 0) is 29.8 Å². The molecule has 114 valence electrons. The summed E-state index contributed by atoms with van der Waals surface area (Å²) < 4.78 is 6.43. The highest BCUT2D eigenvalue weighted by Crippen LogP contribution is 2.38. The minimum atomic E-state index is -1.74. The van der Waals surface area contributed by atoms with Crippen molar-refractivity contribution in [2.45, 2.75) is 51.7 Å². The van der Waals surface area contributed by atoms with Gasteiger partial charge in [-0.2, -0.15) is 0 Å². The third-order valence-electron chi connectivity index (χ3n) is 4.46. The van der Waals surface area contributed by atoms with E-state index in [2.05, 4.69) is 75.3 Å². The van der Waals surface area contributed by atoms with Crippen molar-refractivity contribution in [1.29, 1.82) is 0 Å². The third kappa shape index (κ3) is 4.30. The number of benzene rings is 1. The number of hydrogen-bond donors (Lipinski definition) is 0. The highest BCUT2D eigenvalue weighted by molar-refractivity contribution is 6.74. The summed E-state index contributed by atoms with van der Waals surface area (Å²) in [6.45, 7) is 12.2. The van der Waals surface area contributed by atoms with Gasteiger partial charge in [0.2, 0.25) is 8.32 Å². The molecule has 0 aromatic heterocycles. The molecule has 3 heteroatoms. The topological polar surface area (TPSA) is 21.6 Å². The van der Waals surface area contributed by atoms with Crippen LogP contribution in [0.1, 0.15) is 32.8 Å². The zero-order valence-electron chi connectivity index (χ0n) is 13.9. The molecule has 1 aliphatic rings. The minimum Gasteiger partial charge on any atom is -0.546 e. The number of rotatable bonds is 4. The van der Waals surface area contributed by atoms with E-state index in [1.807, 2.05) is 0 Å². The minimum absolute atomic E-state index is 0.238. The van der Waals surface area contributed by atoms with Gasteiger partial charge in [0.25, 0.3) is 0 Å². The maximum absolute atomic E-state index is 6.43. The first-order valence-electron chi connectivity index (χ1n) is 7.72. The van der Waals surface area contributed by atoms with Crippen LogP contribution in [0, 0.1) is 0 Å². The number of allylic oxidation sites excluding steroid dienone is 1. The summed E-state index contributed by atoms with van der Waals surface area (Å²) in [7, 11) is -1.74. The van der Waals surface area contributed by atoms with E-state index in [0.29, 0.717) is 0 Å². The fourth-order valence-electron chi connectivity index (χ4n) is 2.11. The van der Waals surface area contributed by atoms with Crippen molar-refractivity contribution in [2.24, 2.45) is 4.99 Å². The first-order chi connectivity index (χ1) is 9.78. The Labute approximate surface area is 130 Å². The number of hydrogen-bond acceptors (Lipinski definition) is 2. The molecule has 1 aliphatic heterocycles. The smallest absolute Gasteiger partial charge is 0.250 e. The molecule has 21 heavy (non-hydrogen) atoms. The molecule has 0 bridgehead atoms. The van der Waals surface area contributed by atoms with Crippen molar-refractivity contribution in [3.63, 3.8) is 0 Å². The van der Waals surface area contributed by atoms with Gasteiger partial charge >= 0.3 is 0 Å². The van der Waals surface area contributed by atoms with Crippen molar-refractivity contribution < 1.29 is 4.43 Å². The summed E-state index contributed by atoms with van der Waals surface area (Å²) >= 11 is 0. The molecule has 0 atom stereocenters. The quantitative estimate of drug-likeness (QED) is 0.719. The maximum atomic E-state index is 6.43. The lowest BCUT2D eigenvalue weighted by Crippen LogP contribution is -2.40. The molecule has 0 saturated carbocycles. The molecule has 0 aliphatic carbocycles. The molecule has 0 N–H and O–H groups in total. The maximum Gasteiger partial charge on any atom is 0.250 e. The second kappa shape index (κ2) is 6.18. The van der Waals surface area contributed by atoms with Crippen molar-refractivity contribution in [1.82, 2.24) is 0 Å². The summed E-state index contributed by atoms with van der Waals surface area (Å²) in [4.78, 5) is 4.64. The monoisotopic (exact) mass is 301 g/mol. The zero-order valence-corrected chi connectivity index (χ0v) is 14.9. The predicted molar refractivity (Wildman–Crippen MR) is 93.4 cm³/mol. The number of aliphatic imine (C=N–C) groups is 1. The first kappa shape index (κ1) is 16.0. The number of nitrogens with zero attached hydrogens (tertiary/aromatic N) is 1. The van der Waals surface area contributed by atoms with Gasteiger partial charge in [-0.15, -0.1) is 0 Å². The van der Waals surface area contributed by atoms with Crippen LogP contribution in [0.5, 0.6) is 0 Å². The summed E-state index contributed by atoms with van der Waals surface area (Å²) in [6, 6.07) is 10.5. The highest BCUT2D eigenvalue weighted by Gasteiger charge is 2.39. The first-order valence-corrected chi connectivity index (χ1v) is 10.6. The van der Waals surface area contributed by atoms with Gasteiger partial charge < -0.3 is 4.43 Å². The van der Waals surface area contributed by atoms with Gasteiger partial charge in [-0.1, -0.05) is 51.1 Å². The Kier molecular flexibility index (Phi) is 4.72. The van der Waals surface area contributed by atoms with E-state index in [1.165, 1.54) is 11.3 Å². The van der Waals surface area contributed by atoms with Gasteiger partial charge in [0.1, 0.15) is 0 Å². The van der Waals surface area contributed by atoms with Crippen LogP contribution in [-0.2, 0) is 10.8 Å². The molecule has 2 nitrogen and oxygen atoms in total. The van der Waals surface area contributed by atoms with E-state index >= 15 is 0 Å². The lowest BCUT2D eigenvalue weighted by molar-refractivity contribution is 0.376. The molecular formula is C18H27NOSi. The molecular weight excluding hydrogens is 274 g/mol. The van der Waals surface area contributed by atoms with E-state index < -0.39 is 8.32 Å². The van der Waals surface area contributed by atoms with E-state index in [9.17, 15) is 0 Å². The summed E-state index contributed by atoms with van der Waals surface area (Å²) in [5, 5.41) is 0.238. The molecule has 1 aromatic rings. The fourth-order valence-corrected chi connectivity index (χ4v) is 3.23. The lowest BCUT2D eigenvalue weighted by Gasteiger charge is -2.37. The summed E-state index contributed by atoms with van der Waals surface area (Å²) in [6.07, 6.45) is 3.94. The van der Waals surface area contributed by atoms with E-state index in [0.717, 1.165) is 25.1 Å². The van der Waals surface area contributed by atoms with Crippen molar-refractivity contribution in [3.8, 4) is 0 Å². The SMILES string of the molecule is CC(C)(C)[Si](C)(C)OC1=CCN=C(Cc2ccccc2)C1. The fraction of sp³-hybridized carbons (Fsp3) is 0.500. The average Bonchev–Trinajstić information content (AvgIpc) is 2.38. The normalized spacial score (nSPS) is 16.2. The van der Waals surface area contributed by atoms with Gasteiger partial charge in [0.15, 0.2) is 0 Å². The Hall–Kier alpha value is -1.35. The Bertz CT molecular complexity index is 538. The molecule has 2 rings (SSSR count). The van der Waals surface area contributed by atoms with Crippen LogP contribution in [0.4, 0.5) is 0 Å². The Morgan fingerprint density at radius 3 is 2.43 bits per heavy atom. The molecule has 0 amide bonds. The number of dihydropyridines is 1.